The molecule has 1 fully saturated rings. The monoisotopic (exact) mass is 313 g/mol. The van der Waals surface area contributed by atoms with E-state index in [0.717, 1.165) is 25.1 Å². The molecule has 0 bridgehead atoms. The zero-order valence-corrected chi connectivity index (χ0v) is 13.2. The van der Waals surface area contributed by atoms with Crippen LogP contribution in [0.25, 0.3) is 0 Å². The van der Waals surface area contributed by atoms with Crippen molar-refractivity contribution >= 4 is 23.5 Å². The lowest BCUT2D eigenvalue weighted by Crippen LogP contribution is -2.28. The average molecular weight is 313 g/mol. The molecule has 1 saturated heterocycles. The second-order valence-corrected chi connectivity index (χ2v) is 5.34. The minimum Gasteiger partial charge on any atom is -0.373 e. The van der Waals surface area contributed by atoms with Crippen LogP contribution >= 0.6 is 0 Å². The third-order valence-electron chi connectivity index (χ3n) is 3.84. The Morgan fingerprint density at radius 1 is 1.30 bits per heavy atom. The van der Waals surface area contributed by atoms with E-state index in [0.29, 0.717) is 17.6 Å². The summed E-state index contributed by atoms with van der Waals surface area (Å²) >= 11 is 0. The first kappa shape index (κ1) is 15.1. The van der Waals surface area contributed by atoms with Crippen molar-refractivity contribution in [2.24, 2.45) is 0 Å². The van der Waals surface area contributed by atoms with Crippen LogP contribution in [0.15, 0.2) is 24.7 Å². The van der Waals surface area contributed by atoms with Gasteiger partial charge >= 0.3 is 0 Å². The van der Waals surface area contributed by atoms with Crippen LogP contribution in [-0.4, -0.2) is 44.3 Å². The molecule has 1 amide bonds. The van der Waals surface area contributed by atoms with E-state index in [4.69, 9.17) is 0 Å². The van der Waals surface area contributed by atoms with Gasteiger partial charge in [0.25, 0.3) is 0 Å². The van der Waals surface area contributed by atoms with E-state index in [9.17, 15) is 4.79 Å². The average Bonchev–Trinajstić information content (AvgIpc) is 3.05. The van der Waals surface area contributed by atoms with Crippen LogP contribution in [0.4, 0.5) is 17.6 Å². The summed E-state index contributed by atoms with van der Waals surface area (Å²) in [4.78, 5) is 30.6. The highest BCUT2D eigenvalue weighted by Crippen LogP contribution is 2.31. The van der Waals surface area contributed by atoms with E-state index in [-0.39, 0.29) is 11.9 Å². The third-order valence-corrected chi connectivity index (χ3v) is 3.84. The van der Waals surface area contributed by atoms with Gasteiger partial charge in [-0.05, 0) is 18.9 Å². The summed E-state index contributed by atoms with van der Waals surface area (Å²) in [6.07, 6.45) is 5.08. The first-order valence-electron chi connectivity index (χ1n) is 7.54. The lowest BCUT2D eigenvalue weighted by Gasteiger charge is -2.22. The molecule has 3 rings (SSSR count). The molecule has 1 unspecified atom stereocenters. The topological polar surface area (TPSA) is 95.9 Å². The highest BCUT2D eigenvalue weighted by molar-refractivity contribution is 5.74. The Labute approximate surface area is 134 Å². The van der Waals surface area contributed by atoms with Crippen molar-refractivity contribution in [2.75, 3.05) is 24.2 Å². The van der Waals surface area contributed by atoms with Gasteiger partial charge in [-0.2, -0.15) is 0 Å². The normalized spacial score (nSPS) is 17.1. The molecule has 8 heteroatoms. The molecule has 0 aromatic carbocycles. The van der Waals surface area contributed by atoms with Gasteiger partial charge in [0.1, 0.15) is 18.0 Å². The fourth-order valence-corrected chi connectivity index (χ4v) is 2.75. The van der Waals surface area contributed by atoms with Gasteiger partial charge in [0.2, 0.25) is 11.9 Å². The lowest BCUT2D eigenvalue weighted by atomic mass is 10.1. The van der Waals surface area contributed by atoms with Gasteiger partial charge in [0.05, 0.1) is 11.7 Å². The predicted octanol–water partition coefficient (Wildman–Crippen LogP) is 1.74. The van der Waals surface area contributed by atoms with Gasteiger partial charge in [0, 0.05) is 32.8 Å². The van der Waals surface area contributed by atoms with Crippen LogP contribution in [0, 0.1) is 0 Å². The number of nitrogens with zero attached hydrogens (tertiary/aromatic N) is 5. The number of hydrogen-bond donors (Lipinski definition) is 2. The Balaban J connectivity index is 1.81. The smallest absolute Gasteiger partial charge is 0.228 e. The molecule has 1 atom stereocenters. The largest absolute Gasteiger partial charge is 0.373 e. The molecule has 120 valence electrons. The molecule has 0 saturated carbocycles. The highest BCUT2D eigenvalue weighted by atomic mass is 16.2. The van der Waals surface area contributed by atoms with Gasteiger partial charge in [0.15, 0.2) is 0 Å². The van der Waals surface area contributed by atoms with Crippen LogP contribution in [0.2, 0.25) is 0 Å². The molecule has 8 nitrogen and oxygen atoms in total. The maximum absolute atomic E-state index is 11.7. The first-order chi connectivity index (χ1) is 11.2. The molecule has 2 N–H and O–H groups in total. The van der Waals surface area contributed by atoms with Crippen LogP contribution in [0.5, 0.6) is 0 Å². The fourth-order valence-electron chi connectivity index (χ4n) is 2.75. The number of likely N-dealkylation sites (tertiary alicyclic amines) is 1. The third kappa shape index (κ3) is 3.36. The Hall–Kier alpha value is -2.77. The molecule has 1 aliphatic heterocycles. The van der Waals surface area contributed by atoms with Gasteiger partial charge < -0.3 is 15.5 Å². The molecule has 2 aromatic heterocycles. The summed E-state index contributed by atoms with van der Waals surface area (Å²) in [6.45, 7) is 2.38. The van der Waals surface area contributed by atoms with Gasteiger partial charge in [-0.1, -0.05) is 0 Å². The van der Waals surface area contributed by atoms with E-state index < -0.39 is 0 Å². The summed E-state index contributed by atoms with van der Waals surface area (Å²) in [5.41, 5.74) is 0.845. The van der Waals surface area contributed by atoms with Crippen molar-refractivity contribution in [1.29, 1.82) is 0 Å². The van der Waals surface area contributed by atoms with Crippen molar-refractivity contribution in [3.05, 3.63) is 30.4 Å². The first-order valence-corrected chi connectivity index (χ1v) is 7.54. The van der Waals surface area contributed by atoms with E-state index in [2.05, 4.69) is 30.6 Å². The Kier molecular flexibility index (Phi) is 4.31. The number of carbonyl (C=O) groups excluding carboxylic acids is 1. The van der Waals surface area contributed by atoms with Crippen molar-refractivity contribution in [1.82, 2.24) is 24.8 Å². The molecule has 23 heavy (non-hydrogen) atoms. The number of hydrogen-bond acceptors (Lipinski definition) is 7. The van der Waals surface area contributed by atoms with Crippen molar-refractivity contribution < 1.29 is 4.79 Å². The Morgan fingerprint density at radius 2 is 2.13 bits per heavy atom. The number of nitrogens with one attached hydrogen (secondary N) is 2. The zero-order chi connectivity index (χ0) is 16.2. The summed E-state index contributed by atoms with van der Waals surface area (Å²) < 4.78 is 0. The molecule has 1 aliphatic rings. The maximum Gasteiger partial charge on any atom is 0.228 e. The zero-order valence-electron chi connectivity index (χ0n) is 13.2. The predicted molar refractivity (Wildman–Crippen MR) is 86.3 cm³/mol. The van der Waals surface area contributed by atoms with E-state index in [1.54, 1.807) is 26.2 Å². The SMILES string of the molecule is CNc1cc(Nc2nccc(C3CCCN3C(C)=O)n2)ncn1. The van der Waals surface area contributed by atoms with Gasteiger partial charge in [-0.15, -0.1) is 0 Å². The number of aromatic nitrogens is 4. The second-order valence-electron chi connectivity index (χ2n) is 5.34. The number of rotatable bonds is 4. The summed E-state index contributed by atoms with van der Waals surface area (Å²) in [6, 6.07) is 3.65. The molecule has 0 spiro atoms. The molecular weight excluding hydrogens is 294 g/mol. The summed E-state index contributed by atoms with van der Waals surface area (Å²) in [5.74, 6) is 1.85. The lowest BCUT2D eigenvalue weighted by molar-refractivity contribution is -0.129. The number of carbonyl (C=O) groups is 1. The van der Waals surface area contributed by atoms with E-state index in [1.165, 1.54) is 6.33 Å². The maximum atomic E-state index is 11.7. The summed E-state index contributed by atoms with van der Waals surface area (Å²) in [5, 5.41) is 6.02. The van der Waals surface area contributed by atoms with Crippen molar-refractivity contribution in [2.45, 2.75) is 25.8 Å². The standard InChI is InChI=1S/C15H19N7O/c1-10(23)22-7-3-4-12(22)11-5-6-17-15(20-11)21-14-8-13(16-2)18-9-19-14/h5-6,8-9,12H,3-4,7H2,1-2H3,(H2,16,17,18,19,20,21). The van der Waals surface area contributed by atoms with Gasteiger partial charge in [-0.3, -0.25) is 4.79 Å². The Bertz CT molecular complexity index is 706. The molecule has 3 heterocycles. The van der Waals surface area contributed by atoms with Crippen LogP contribution < -0.4 is 10.6 Å². The van der Waals surface area contributed by atoms with Crippen LogP contribution in [0.3, 0.4) is 0 Å². The minimum atomic E-state index is 0.0225. The van der Waals surface area contributed by atoms with E-state index >= 15 is 0 Å². The fraction of sp³-hybridized carbons (Fsp3) is 0.400. The molecule has 2 aromatic rings. The van der Waals surface area contributed by atoms with Crippen molar-refractivity contribution in [3.63, 3.8) is 0 Å². The van der Waals surface area contributed by atoms with Crippen LogP contribution in [0.1, 0.15) is 31.5 Å². The van der Waals surface area contributed by atoms with Gasteiger partial charge in [-0.25, -0.2) is 19.9 Å². The molecule has 0 aliphatic carbocycles. The molecule has 0 radical (unpaired) electrons. The highest BCUT2D eigenvalue weighted by Gasteiger charge is 2.29. The van der Waals surface area contributed by atoms with E-state index in [1.807, 2.05) is 11.0 Å². The summed E-state index contributed by atoms with van der Waals surface area (Å²) in [7, 11) is 1.79. The molecular formula is C15H19N7O. The van der Waals surface area contributed by atoms with Crippen molar-refractivity contribution in [3.8, 4) is 0 Å². The minimum absolute atomic E-state index is 0.0225. The Morgan fingerprint density at radius 3 is 2.91 bits per heavy atom. The number of amides is 1. The number of anilines is 3. The second kappa shape index (κ2) is 6.55. The van der Waals surface area contributed by atoms with Crippen LogP contribution in [-0.2, 0) is 4.79 Å². The quantitative estimate of drug-likeness (QED) is 0.887.